The Morgan fingerprint density at radius 2 is 0.346 bits per heavy atom. The summed E-state index contributed by atoms with van der Waals surface area (Å²) >= 11 is 0. The third kappa shape index (κ3) is 4.48. The van der Waals surface area contributed by atoms with E-state index >= 15 is 0 Å². The Hall–Kier alpha value is -3.00. The van der Waals surface area contributed by atoms with E-state index in [2.05, 4.69) is 0 Å². The summed E-state index contributed by atoms with van der Waals surface area (Å²) in [6, 6.07) is 0. The molecule has 2 aromatic heterocycles. The van der Waals surface area contributed by atoms with Gasteiger partial charge in [-0.1, -0.05) is 60.1 Å². The molecule has 0 saturated carbocycles. The number of rotatable bonds is 2. The van der Waals surface area contributed by atoms with E-state index in [9.17, 15) is 0 Å². The Kier molecular flexibility index (Phi) is 8.80. The molecule has 0 unspecified atom stereocenters. The lowest BCUT2D eigenvalue weighted by Gasteiger charge is -2.28. The van der Waals surface area contributed by atoms with Gasteiger partial charge < -0.3 is 9.13 Å². The molecule has 52 heavy (non-hydrogen) atoms. The molecule has 0 atom stereocenters. The molecule has 190 valence electrons. The third-order valence-electron chi connectivity index (χ3n) is 9.97. The first kappa shape index (κ1) is 37.3. The fraction of sp³-hybridized carbons (Fsp3) is 0. The van der Waals surface area contributed by atoms with Gasteiger partial charge in [0.2, 0.25) is 0 Å². The van der Waals surface area contributed by atoms with Crippen molar-refractivity contribution in [1.29, 1.82) is 0 Å². The SMILES string of the molecule is [B]c1c([B])c(-n2c3c([B])c([B])c([B])c([B])c3c3c([B])c([B])c([B])c([B])c32)c([B])c(-n2c3c([B])c([B])c([B])c([B])c3c3c([B])c([B])c([B])c([B])c32)c1[B]. The standard InChI is InChI=1S/C30B20N2/c31-5-1-2-6(32)10(36)14(40)19(45)26(2)51(25(1)18(44)13(39)9(5)35)29-22(48)17(43)23(49)30(24(29)50)52-27-3(7(33)11(37)15(41)20(27)46)4-8(34)12(38)16(42)21(47)28(4)52. The van der Waals surface area contributed by atoms with Crippen molar-refractivity contribution in [3.63, 3.8) is 0 Å². The van der Waals surface area contributed by atoms with Gasteiger partial charge in [-0.2, -0.15) is 0 Å². The maximum Gasteiger partial charge on any atom is 0.119 e. The summed E-state index contributed by atoms with van der Waals surface area (Å²) in [4.78, 5) is 0. The molecule has 0 saturated heterocycles. The van der Waals surface area contributed by atoms with E-state index in [1.807, 2.05) is 0 Å². The van der Waals surface area contributed by atoms with Crippen LogP contribution in [0.2, 0.25) is 0 Å². The first-order chi connectivity index (χ1) is 24.2. The van der Waals surface area contributed by atoms with E-state index in [1.165, 1.54) is 9.13 Å². The first-order valence-corrected chi connectivity index (χ1v) is 15.1. The number of hydrogen-bond donors (Lipinski definition) is 0. The number of benzene rings is 5. The van der Waals surface area contributed by atoms with Crippen LogP contribution in [0.25, 0.3) is 55.0 Å². The Morgan fingerprint density at radius 1 is 0.173 bits per heavy atom. The third-order valence-corrected chi connectivity index (χ3v) is 9.97. The Balaban J connectivity index is 1.84. The van der Waals surface area contributed by atoms with E-state index < -0.39 is 0 Å². The summed E-state index contributed by atoms with van der Waals surface area (Å²) in [5, 5.41) is 0.845. The van der Waals surface area contributed by atoms with E-state index in [0.29, 0.717) is 0 Å². The van der Waals surface area contributed by atoms with Crippen molar-refractivity contribution in [2.45, 2.75) is 0 Å². The van der Waals surface area contributed by atoms with Gasteiger partial charge in [0.1, 0.15) is 157 Å². The molecule has 40 radical (unpaired) electrons. The van der Waals surface area contributed by atoms with Crippen LogP contribution in [0, 0.1) is 0 Å². The molecule has 0 aliphatic rings. The van der Waals surface area contributed by atoms with Gasteiger partial charge in [-0.15, -0.1) is 49.2 Å². The van der Waals surface area contributed by atoms with Gasteiger partial charge in [0.25, 0.3) is 0 Å². The molecule has 2 heterocycles. The minimum absolute atomic E-state index is 0.00322. The summed E-state index contributed by atoms with van der Waals surface area (Å²) in [6.45, 7) is 0. The van der Waals surface area contributed by atoms with Gasteiger partial charge in [0.15, 0.2) is 0 Å². The maximum atomic E-state index is 7.16. The van der Waals surface area contributed by atoms with Gasteiger partial charge in [-0.25, -0.2) is 0 Å². The van der Waals surface area contributed by atoms with Crippen LogP contribution >= 0.6 is 0 Å². The summed E-state index contributed by atoms with van der Waals surface area (Å²) in [6.07, 6.45) is 0. The van der Waals surface area contributed by atoms with Crippen LogP contribution in [0.15, 0.2) is 0 Å². The highest BCUT2D eigenvalue weighted by Crippen LogP contribution is 2.28. The number of fused-ring (bicyclic) bond motifs is 6. The highest BCUT2D eigenvalue weighted by molar-refractivity contribution is 6.74. The van der Waals surface area contributed by atoms with Crippen LogP contribution in [0.3, 0.4) is 0 Å². The van der Waals surface area contributed by atoms with E-state index in [1.54, 1.807) is 0 Å². The van der Waals surface area contributed by atoms with E-state index in [4.69, 9.17) is 157 Å². The molecule has 0 amide bonds. The molecular formula is C30B20N2. The second-order valence-electron chi connectivity index (χ2n) is 12.5. The Morgan fingerprint density at radius 3 is 0.558 bits per heavy atom. The Bertz CT molecular complexity index is 2510. The molecule has 7 aromatic rings. The van der Waals surface area contributed by atoms with Crippen molar-refractivity contribution in [3.05, 3.63) is 0 Å². The lowest BCUT2D eigenvalue weighted by molar-refractivity contribution is 1.18. The summed E-state index contributed by atoms with van der Waals surface area (Å²) in [7, 11) is 131. The first-order valence-electron chi connectivity index (χ1n) is 15.1. The number of nitrogens with zero attached hydrogens (tertiary/aromatic N) is 2. The molecule has 0 N–H and O–H groups in total. The topological polar surface area (TPSA) is 9.86 Å². The van der Waals surface area contributed by atoms with Crippen molar-refractivity contribution in [2.24, 2.45) is 0 Å². The van der Waals surface area contributed by atoms with Gasteiger partial charge in [0, 0.05) is 33.4 Å². The van der Waals surface area contributed by atoms with Crippen LogP contribution in [0.4, 0.5) is 0 Å². The summed E-state index contributed by atoms with van der Waals surface area (Å²) in [5.41, 5.74) is -0.812. The zero-order valence-electron chi connectivity index (χ0n) is 27.4. The molecule has 0 bridgehead atoms. The fourth-order valence-electron chi connectivity index (χ4n) is 7.15. The second-order valence-corrected chi connectivity index (χ2v) is 12.5. The van der Waals surface area contributed by atoms with Crippen molar-refractivity contribution in [3.8, 4) is 11.4 Å². The molecule has 0 spiro atoms. The van der Waals surface area contributed by atoms with Crippen molar-refractivity contribution in [1.82, 2.24) is 9.13 Å². The monoisotopic (exact) mass is 608 g/mol. The lowest BCUT2D eigenvalue weighted by Crippen LogP contribution is -2.51. The molecular weight excluding hydrogens is 605 g/mol. The van der Waals surface area contributed by atoms with Gasteiger partial charge >= 0.3 is 0 Å². The van der Waals surface area contributed by atoms with Gasteiger partial charge in [-0.3, -0.25) is 0 Å². The second kappa shape index (κ2) is 12.3. The molecule has 2 nitrogen and oxygen atoms in total. The largest absolute Gasteiger partial charge is 0.312 e. The minimum Gasteiger partial charge on any atom is -0.312 e. The van der Waals surface area contributed by atoms with Crippen LogP contribution < -0.4 is 109 Å². The zero-order valence-corrected chi connectivity index (χ0v) is 27.4. The van der Waals surface area contributed by atoms with Crippen LogP contribution in [0.5, 0.6) is 0 Å². The van der Waals surface area contributed by atoms with Crippen LogP contribution in [0.1, 0.15) is 0 Å². The normalized spacial score (nSPS) is 11.8. The van der Waals surface area contributed by atoms with Crippen LogP contribution in [-0.2, 0) is 0 Å². The summed E-state index contributed by atoms with van der Waals surface area (Å²) < 4.78 is 2.89. The minimum atomic E-state index is -0.168. The molecule has 5 aromatic carbocycles. The highest BCUT2D eigenvalue weighted by atomic mass is 15.0. The lowest BCUT2D eigenvalue weighted by atomic mass is 9.63. The smallest absolute Gasteiger partial charge is 0.119 e. The van der Waals surface area contributed by atoms with Gasteiger partial charge in [-0.05, 0) is 21.5 Å². The Labute approximate surface area is 328 Å². The van der Waals surface area contributed by atoms with Crippen LogP contribution in [-0.4, -0.2) is 166 Å². The number of hydrogen-bond acceptors (Lipinski definition) is 0. The quantitative estimate of drug-likeness (QED) is 0.174. The average Bonchev–Trinajstić information content (AvgIpc) is 3.65. The van der Waals surface area contributed by atoms with Crippen molar-refractivity contribution < 1.29 is 0 Å². The molecule has 22 heteroatoms. The zero-order chi connectivity index (χ0) is 38.5. The molecule has 0 fully saturated rings. The van der Waals surface area contributed by atoms with E-state index in [0.717, 1.165) is 0 Å². The van der Waals surface area contributed by atoms with Crippen molar-refractivity contribution >= 4 is 310 Å². The maximum absolute atomic E-state index is 7.16. The molecule has 0 aliphatic heterocycles. The number of aromatic nitrogens is 2. The predicted molar refractivity (Wildman–Crippen MR) is 243 cm³/mol. The van der Waals surface area contributed by atoms with Gasteiger partial charge in [0.05, 0.1) is 0 Å². The molecule has 7 rings (SSSR count). The van der Waals surface area contributed by atoms with Crippen molar-refractivity contribution in [2.75, 3.05) is 0 Å². The fourth-order valence-corrected chi connectivity index (χ4v) is 7.15. The summed E-state index contributed by atoms with van der Waals surface area (Å²) in [5.74, 6) is 0. The predicted octanol–water partition coefficient (Wildman–Crippen LogP) is -16.2. The highest BCUT2D eigenvalue weighted by Gasteiger charge is 2.28. The van der Waals surface area contributed by atoms with E-state index in [-0.39, 0.29) is 164 Å². The molecule has 0 aliphatic carbocycles. The average molecular weight is 605 g/mol.